The van der Waals surface area contributed by atoms with Crippen LogP contribution < -0.4 is 10.6 Å². The second-order valence-electron chi connectivity index (χ2n) is 4.73. The molecule has 4 nitrogen and oxygen atoms in total. The molecule has 0 amide bonds. The van der Waals surface area contributed by atoms with Crippen LogP contribution in [0.3, 0.4) is 0 Å². The maximum absolute atomic E-state index is 13.5. The van der Waals surface area contributed by atoms with E-state index in [4.69, 9.17) is 0 Å². The molecule has 2 rings (SSSR count). The minimum atomic E-state index is -0.383. The number of halogens is 1. The number of hydrogen-bond acceptors (Lipinski definition) is 4. The molecule has 1 aromatic heterocycles. The first-order valence-corrected chi connectivity index (χ1v) is 6.22. The molecule has 0 radical (unpaired) electrons. The van der Waals surface area contributed by atoms with Gasteiger partial charge < -0.3 is 10.6 Å². The summed E-state index contributed by atoms with van der Waals surface area (Å²) in [6, 6.07) is 0.355. The van der Waals surface area contributed by atoms with Crippen molar-refractivity contribution in [1.82, 2.24) is 9.97 Å². The van der Waals surface area contributed by atoms with Gasteiger partial charge in [-0.15, -0.1) is 0 Å². The van der Waals surface area contributed by atoms with Crippen LogP contribution in [0.2, 0.25) is 0 Å². The third kappa shape index (κ3) is 3.05. The third-order valence-electron chi connectivity index (χ3n) is 2.99. The lowest BCUT2D eigenvalue weighted by molar-refractivity contribution is 0.307. The lowest BCUT2D eigenvalue weighted by Gasteiger charge is -2.33. The number of nitrogens with zero attached hydrogens (tertiary/aromatic N) is 2. The van der Waals surface area contributed by atoms with Crippen molar-refractivity contribution < 1.29 is 4.39 Å². The molecule has 94 valence electrons. The molecule has 0 unspecified atom stereocenters. The normalized spacial score (nSPS) is 23.0. The molecule has 0 saturated heterocycles. The fourth-order valence-corrected chi connectivity index (χ4v) is 2.00. The van der Waals surface area contributed by atoms with Crippen LogP contribution >= 0.6 is 0 Å². The van der Waals surface area contributed by atoms with E-state index in [0.717, 1.165) is 31.7 Å². The summed E-state index contributed by atoms with van der Waals surface area (Å²) >= 11 is 0. The highest BCUT2D eigenvalue weighted by atomic mass is 19.1. The van der Waals surface area contributed by atoms with Crippen molar-refractivity contribution >= 4 is 11.8 Å². The molecule has 0 bridgehead atoms. The van der Waals surface area contributed by atoms with E-state index in [2.05, 4.69) is 34.4 Å². The van der Waals surface area contributed by atoms with Crippen LogP contribution in [0.15, 0.2) is 6.20 Å². The Bertz CT molecular complexity index is 377. The molecule has 5 heteroatoms. The van der Waals surface area contributed by atoms with Crippen LogP contribution in [0.25, 0.3) is 0 Å². The summed E-state index contributed by atoms with van der Waals surface area (Å²) in [5.74, 6) is 1.15. The summed E-state index contributed by atoms with van der Waals surface area (Å²) in [5, 5.41) is 6.18. The van der Waals surface area contributed by atoms with Gasteiger partial charge in [0.1, 0.15) is 0 Å². The van der Waals surface area contributed by atoms with Gasteiger partial charge in [-0.05, 0) is 25.2 Å². The first-order chi connectivity index (χ1) is 8.19. The Hall–Kier alpha value is -1.39. The Labute approximate surface area is 101 Å². The van der Waals surface area contributed by atoms with Gasteiger partial charge in [-0.2, -0.15) is 4.98 Å². The van der Waals surface area contributed by atoms with E-state index >= 15 is 0 Å². The summed E-state index contributed by atoms with van der Waals surface area (Å²) in [6.45, 7) is 5.06. The Morgan fingerprint density at radius 1 is 1.47 bits per heavy atom. The highest BCUT2D eigenvalue weighted by molar-refractivity contribution is 5.42. The van der Waals surface area contributed by atoms with Crippen LogP contribution in [-0.2, 0) is 0 Å². The Balaban J connectivity index is 1.99. The van der Waals surface area contributed by atoms with Crippen molar-refractivity contribution in [2.45, 2.75) is 39.2 Å². The lowest BCUT2D eigenvalue weighted by atomic mass is 9.82. The van der Waals surface area contributed by atoms with Crippen molar-refractivity contribution in [3.63, 3.8) is 0 Å². The van der Waals surface area contributed by atoms with Crippen LogP contribution in [0, 0.1) is 11.7 Å². The van der Waals surface area contributed by atoms with Crippen LogP contribution in [0.1, 0.15) is 33.1 Å². The molecule has 0 aromatic carbocycles. The molecule has 0 spiro atoms. The minimum absolute atomic E-state index is 0.315. The van der Waals surface area contributed by atoms with E-state index in [0.29, 0.717) is 17.8 Å². The van der Waals surface area contributed by atoms with E-state index in [1.807, 2.05) is 0 Å². The van der Waals surface area contributed by atoms with Gasteiger partial charge in [0, 0.05) is 12.6 Å². The van der Waals surface area contributed by atoms with Gasteiger partial charge >= 0.3 is 0 Å². The quantitative estimate of drug-likeness (QED) is 0.828. The predicted octanol–water partition coefficient (Wildman–Crippen LogP) is 2.65. The summed E-state index contributed by atoms with van der Waals surface area (Å²) in [5.41, 5.74) is 0. The van der Waals surface area contributed by atoms with Crippen molar-refractivity contribution in [2.75, 3.05) is 17.2 Å². The fourth-order valence-electron chi connectivity index (χ4n) is 2.00. The van der Waals surface area contributed by atoms with Gasteiger partial charge in [0.05, 0.1) is 6.20 Å². The second kappa shape index (κ2) is 5.29. The molecule has 0 aliphatic heterocycles. The van der Waals surface area contributed by atoms with E-state index in [1.165, 1.54) is 6.20 Å². The predicted molar refractivity (Wildman–Crippen MR) is 66.6 cm³/mol. The number of aromatic nitrogens is 2. The van der Waals surface area contributed by atoms with E-state index in [9.17, 15) is 4.39 Å². The zero-order valence-electron chi connectivity index (χ0n) is 10.3. The first-order valence-electron chi connectivity index (χ1n) is 6.22. The second-order valence-corrected chi connectivity index (χ2v) is 4.73. The molecule has 1 fully saturated rings. The molecule has 1 saturated carbocycles. The highest BCUT2D eigenvalue weighted by Crippen LogP contribution is 2.29. The monoisotopic (exact) mass is 238 g/mol. The number of hydrogen-bond donors (Lipinski definition) is 2. The summed E-state index contributed by atoms with van der Waals surface area (Å²) in [7, 11) is 0. The van der Waals surface area contributed by atoms with Gasteiger partial charge in [-0.3, -0.25) is 0 Å². The van der Waals surface area contributed by atoms with Crippen molar-refractivity contribution in [3.8, 4) is 0 Å². The van der Waals surface area contributed by atoms with Gasteiger partial charge in [-0.1, -0.05) is 13.8 Å². The smallest absolute Gasteiger partial charge is 0.224 e. The van der Waals surface area contributed by atoms with E-state index in [-0.39, 0.29) is 5.82 Å². The van der Waals surface area contributed by atoms with E-state index < -0.39 is 0 Å². The van der Waals surface area contributed by atoms with Crippen LogP contribution in [0.5, 0.6) is 0 Å². The fraction of sp³-hybridized carbons (Fsp3) is 0.667. The molecule has 1 aliphatic carbocycles. The maximum atomic E-state index is 13.5. The van der Waals surface area contributed by atoms with Gasteiger partial charge in [-0.25, -0.2) is 9.37 Å². The molecule has 0 atom stereocenters. The standard InChI is InChI=1S/C12H19FN4/c1-3-4-14-12-15-7-10(13)11(17-12)16-9-5-8(2)6-9/h7-9H,3-6H2,1-2H3,(H2,14,15,16,17). The van der Waals surface area contributed by atoms with Gasteiger partial charge in [0.15, 0.2) is 11.6 Å². The molecule has 17 heavy (non-hydrogen) atoms. The highest BCUT2D eigenvalue weighted by Gasteiger charge is 2.26. The largest absolute Gasteiger partial charge is 0.365 e. The molecular formula is C12H19FN4. The Kier molecular flexibility index (Phi) is 3.76. The molecular weight excluding hydrogens is 219 g/mol. The summed E-state index contributed by atoms with van der Waals surface area (Å²) < 4.78 is 13.5. The molecule has 1 heterocycles. The minimum Gasteiger partial charge on any atom is -0.365 e. The van der Waals surface area contributed by atoms with Crippen LogP contribution in [0.4, 0.5) is 16.2 Å². The van der Waals surface area contributed by atoms with Gasteiger partial charge in [0.2, 0.25) is 5.95 Å². The first kappa shape index (κ1) is 12.1. The molecule has 1 aliphatic rings. The SMILES string of the molecule is CCCNc1ncc(F)c(NC2CC(C)C2)n1. The molecule has 2 N–H and O–H groups in total. The Morgan fingerprint density at radius 3 is 2.88 bits per heavy atom. The number of rotatable bonds is 5. The zero-order valence-corrected chi connectivity index (χ0v) is 10.3. The lowest BCUT2D eigenvalue weighted by Crippen LogP contribution is -2.34. The summed E-state index contributed by atoms with van der Waals surface area (Å²) in [4.78, 5) is 8.05. The summed E-state index contributed by atoms with van der Waals surface area (Å²) in [6.07, 6.45) is 4.38. The molecule has 1 aromatic rings. The van der Waals surface area contributed by atoms with Crippen LogP contribution in [-0.4, -0.2) is 22.6 Å². The zero-order chi connectivity index (χ0) is 12.3. The van der Waals surface area contributed by atoms with Crippen molar-refractivity contribution in [1.29, 1.82) is 0 Å². The van der Waals surface area contributed by atoms with Crippen molar-refractivity contribution in [3.05, 3.63) is 12.0 Å². The average Bonchev–Trinajstić information content (AvgIpc) is 2.28. The maximum Gasteiger partial charge on any atom is 0.224 e. The average molecular weight is 238 g/mol. The van der Waals surface area contributed by atoms with Crippen molar-refractivity contribution in [2.24, 2.45) is 5.92 Å². The third-order valence-corrected chi connectivity index (χ3v) is 2.99. The van der Waals surface area contributed by atoms with Gasteiger partial charge in [0.25, 0.3) is 0 Å². The topological polar surface area (TPSA) is 49.8 Å². The number of nitrogens with one attached hydrogen (secondary N) is 2. The van der Waals surface area contributed by atoms with E-state index in [1.54, 1.807) is 0 Å². The Morgan fingerprint density at radius 2 is 2.24 bits per heavy atom. The number of anilines is 2.